The van der Waals surface area contributed by atoms with Crippen LogP contribution in [-0.4, -0.2) is 39.6 Å². The highest BCUT2D eigenvalue weighted by atomic mass is 35.5. The van der Waals surface area contributed by atoms with E-state index in [-0.39, 0.29) is 5.69 Å². The maximum Gasteiger partial charge on any atom is 0.417 e. The Labute approximate surface area is 166 Å². The first-order valence-electron chi connectivity index (χ1n) is 8.44. The first-order valence-corrected chi connectivity index (χ1v) is 10.3. The molecule has 5 nitrogen and oxygen atoms in total. The maximum absolute atomic E-state index is 13.0. The van der Waals surface area contributed by atoms with Crippen molar-refractivity contribution in [3.63, 3.8) is 0 Å². The van der Waals surface area contributed by atoms with Crippen molar-refractivity contribution in [2.45, 2.75) is 17.6 Å². The minimum absolute atomic E-state index is 0.259. The molecule has 2 aromatic carbocycles. The molecule has 0 spiro atoms. The van der Waals surface area contributed by atoms with Gasteiger partial charge in [-0.25, -0.2) is 8.42 Å². The summed E-state index contributed by atoms with van der Waals surface area (Å²) in [5, 5.41) is -0.557. The zero-order chi connectivity index (χ0) is 20.4. The summed E-state index contributed by atoms with van der Waals surface area (Å²) in [6.07, 6.45) is -4.75. The van der Waals surface area contributed by atoms with Crippen LogP contribution in [0.3, 0.4) is 0 Å². The van der Waals surface area contributed by atoms with Crippen molar-refractivity contribution in [3.05, 3.63) is 58.6 Å². The van der Waals surface area contributed by atoms with Crippen LogP contribution in [-0.2, 0) is 27.5 Å². The second-order valence-corrected chi connectivity index (χ2v) is 8.42. The van der Waals surface area contributed by atoms with Gasteiger partial charge in [0.2, 0.25) is 0 Å². The van der Waals surface area contributed by atoms with Crippen molar-refractivity contribution in [2.24, 2.45) is 0 Å². The number of nitrogens with zero attached hydrogens (tertiary/aromatic N) is 1. The maximum atomic E-state index is 13.0. The molecule has 2 aromatic rings. The number of sulfonamides is 1. The number of morpholine rings is 1. The number of hydrogen-bond donors (Lipinski definition) is 1. The Kier molecular flexibility index (Phi) is 6.18. The van der Waals surface area contributed by atoms with Crippen LogP contribution in [0.25, 0.3) is 0 Å². The number of benzene rings is 2. The molecule has 0 amide bonds. The lowest BCUT2D eigenvalue weighted by atomic mass is 10.2. The normalized spacial score (nSPS) is 16.1. The standard InChI is InChI=1S/C18H18ClF3N2O3S/c19-17-6-5-15(11-16(17)18(20,21)22)28(25,26)23-14-3-1-13(2-4-14)12-24-7-9-27-10-8-24/h1-6,11,23H,7-10,12H2. The molecule has 0 unspecified atom stereocenters. The summed E-state index contributed by atoms with van der Waals surface area (Å²) in [7, 11) is -4.19. The van der Waals surface area contributed by atoms with E-state index >= 15 is 0 Å². The van der Waals surface area contributed by atoms with Crippen molar-refractivity contribution < 1.29 is 26.3 Å². The molecule has 1 heterocycles. The van der Waals surface area contributed by atoms with Gasteiger partial charge in [-0.2, -0.15) is 13.2 Å². The molecule has 0 atom stereocenters. The van der Waals surface area contributed by atoms with Crippen LogP contribution in [0.2, 0.25) is 5.02 Å². The molecule has 0 bridgehead atoms. The van der Waals surface area contributed by atoms with Crippen LogP contribution < -0.4 is 4.72 Å². The van der Waals surface area contributed by atoms with E-state index in [2.05, 4.69) is 9.62 Å². The number of alkyl halides is 3. The summed E-state index contributed by atoms with van der Waals surface area (Å²) in [5.74, 6) is 0. The molecule has 3 rings (SSSR count). The van der Waals surface area contributed by atoms with E-state index in [1.54, 1.807) is 24.3 Å². The quantitative estimate of drug-likeness (QED) is 0.773. The summed E-state index contributed by atoms with van der Waals surface area (Å²) in [5.41, 5.74) is 0.0582. The molecule has 1 aliphatic heterocycles. The Morgan fingerprint density at radius 3 is 2.32 bits per heavy atom. The van der Waals surface area contributed by atoms with Crippen LogP contribution in [0.4, 0.5) is 18.9 Å². The number of nitrogens with one attached hydrogen (secondary N) is 1. The summed E-state index contributed by atoms with van der Waals surface area (Å²) >= 11 is 5.54. The zero-order valence-corrected chi connectivity index (χ0v) is 16.2. The van der Waals surface area contributed by atoms with Crippen LogP contribution in [0, 0.1) is 0 Å². The fraction of sp³-hybridized carbons (Fsp3) is 0.333. The van der Waals surface area contributed by atoms with Gasteiger partial charge in [0.05, 0.1) is 28.7 Å². The average molecular weight is 435 g/mol. The molecule has 152 valence electrons. The van der Waals surface area contributed by atoms with Crippen molar-refractivity contribution >= 4 is 27.3 Å². The topological polar surface area (TPSA) is 58.6 Å². The molecular weight excluding hydrogens is 417 g/mol. The van der Waals surface area contributed by atoms with Crippen molar-refractivity contribution in [3.8, 4) is 0 Å². The largest absolute Gasteiger partial charge is 0.417 e. The number of halogens is 4. The highest BCUT2D eigenvalue weighted by molar-refractivity contribution is 7.92. The van der Waals surface area contributed by atoms with E-state index in [1.165, 1.54) is 0 Å². The molecule has 28 heavy (non-hydrogen) atoms. The molecule has 1 aliphatic rings. The molecule has 1 fully saturated rings. The summed E-state index contributed by atoms with van der Waals surface area (Å²) < 4.78 is 71.4. The van der Waals surface area contributed by atoms with E-state index in [0.717, 1.165) is 30.8 Å². The van der Waals surface area contributed by atoms with Gasteiger partial charge in [-0.15, -0.1) is 0 Å². The SMILES string of the molecule is O=S(=O)(Nc1ccc(CN2CCOCC2)cc1)c1ccc(Cl)c(C(F)(F)F)c1. The van der Waals surface area contributed by atoms with E-state index < -0.39 is 31.7 Å². The number of hydrogen-bond acceptors (Lipinski definition) is 4. The second-order valence-electron chi connectivity index (χ2n) is 6.33. The molecule has 0 radical (unpaired) electrons. The van der Waals surface area contributed by atoms with Gasteiger partial charge in [-0.1, -0.05) is 23.7 Å². The number of ether oxygens (including phenoxy) is 1. The third-order valence-corrected chi connectivity index (χ3v) is 5.98. The molecule has 0 saturated carbocycles. The molecule has 10 heteroatoms. The third kappa shape index (κ3) is 5.16. The number of anilines is 1. The lowest BCUT2D eigenvalue weighted by Crippen LogP contribution is -2.35. The van der Waals surface area contributed by atoms with Crippen molar-refractivity contribution in [2.75, 3.05) is 31.0 Å². The Morgan fingerprint density at radius 2 is 1.71 bits per heavy atom. The first-order chi connectivity index (χ1) is 13.1. The fourth-order valence-electron chi connectivity index (χ4n) is 2.80. The average Bonchev–Trinajstić information content (AvgIpc) is 2.63. The summed E-state index contributed by atoms with van der Waals surface area (Å²) in [4.78, 5) is 1.70. The van der Waals surface area contributed by atoms with Crippen LogP contribution in [0.5, 0.6) is 0 Å². The van der Waals surface area contributed by atoms with Gasteiger partial charge in [0.15, 0.2) is 0 Å². The molecule has 0 aromatic heterocycles. The van der Waals surface area contributed by atoms with Crippen LogP contribution >= 0.6 is 11.6 Å². The monoisotopic (exact) mass is 434 g/mol. The predicted molar refractivity (Wildman–Crippen MR) is 99.8 cm³/mol. The summed E-state index contributed by atoms with van der Waals surface area (Å²) in [6, 6.07) is 9.18. The lowest BCUT2D eigenvalue weighted by molar-refractivity contribution is -0.137. The summed E-state index contributed by atoms with van der Waals surface area (Å²) in [6.45, 7) is 3.72. The minimum atomic E-state index is -4.75. The Morgan fingerprint density at radius 1 is 1.07 bits per heavy atom. The third-order valence-electron chi connectivity index (χ3n) is 4.27. The smallest absolute Gasteiger partial charge is 0.379 e. The fourth-order valence-corrected chi connectivity index (χ4v) is 4.11. The van der Waals surface area contributed by atoms with Gasteiger partial charge in [0, 0.05) is 25.3 Å². The van der Waals surface area contributed by atoms with E-state index in [9.17, 15) is 21.6 Å². The van der Waals surface area contributed by atoms with Crippen LogP contribution in [0.1, 0.15) is 11.1 Å². The minimum Gasteiger partial charge on any atom is -0.379 e. The lowest BCUT2D eigenvalue weighted by Gasteiger charge is -2.26. The van der Waals surface area contributed by atoms with Crippen molar-refractivity contribution in [1.82, 2.24) is 4.90 Å². The van der Waals surface area contributed by atoms with Gasteiger partial charge in [-0.05, 0) is 35.9 Å². The molecular formula is C18H18ClF3N2O3S. The first kappa shape index (κ1) is 20.9. The van der Waals surface area contributed by atoms with E-state index in [1.807, 2.05) is 0 Å². The number of rotatable bonds is 5. The van der Waals surface area contributed by atoms with Gasteiger partial charge in [-0.3, -0.25) is 9.62 Å². The molecule has 1 N–H and O–H groups in total. The van der Waals surface area contributed by atoms with Gasteiger partial charge in [0.25, 0.3) is 10.0 Å². The Balaban J connectivity index is 1.73. The van der Waals surface area contributed by atoms with Gasteiger partial charge >= 0.3 is 6.18 Å². The second kappa shape index (κ2) is 8.28. The predicted octanol–water partition coefficient (Wildman–Crippen LogP) is 3.99. The molecule has 0 aliphatic carbocycles. The highest BCUT2D eigenvalue weighted by Gasteiger charge is 2.34. The van der Waals surface area contributed by atoms with E-state index in [0.29, 0.717) is 25.8 Å². The molecule has 1 saturated heterocycles. The van der Waals surface area contributed by atoms with Crippen molar-refractivity contribution in [1.29, 1.82) is 0 Å². The Bertz CT molecular complexity index is 928. The van der Waals surface area contributed by atoms with Gasteiger partial charge in [0.1, 0.15) is 0 Å². The van der Waals surface area contributed by atoms with Gasteiger partial charge < -0.3 is 4.74 Å². The zero-order valence-electron chi connectivity index (χ0n) is 14.7. The Hall–Kier alpha value is -1.81. The highest BCUT2D eigenvalue weighted by Crippen LogP contribution is 2.36. The van der Waals surface area contributed by atoms with E-state index in [4.69, 9.17) is 16.3 Å². The van der Waals surface area contributed by atoms with Crippen LogP contribution in [0.15, 0.2) is 47.4 Å².